The summed E-state index contributed by atoms with van der Waals surface area (Å²) in [4.78, 5) is 5.09. The van der Waals surface area contributed by atoms with Crippen molar-refractivity contribution in [2.45, 2.75) is 50.0 Å². The largest absolute Gasteiger partial charge is 0.762 e. The van der Waals surface area contributed by atoms with E-state index < -0.39 is 0 Å². The summed E-state index contributed by atoms with van der Waals surface area (Å²) in [5, 5.41) is 14.9. The smallest absolute Gasteiger partial charge is 0.0963 e. The molecule has 0 aromatic carbocycles. The first-order valence-electron chi connectivity index (χ1n) is 6.90. The zero-order valence-electron chi connectivity index (χ0n) is 11.6. The Kier molecular flexibility index (Phi) is 5.54. The van der Waals surface area contributed by atoms with Crippen LogP contribution in [0, 0.1) is 5.21 Å². The number of rotatable bonds is 5. The summed E-state index contributed by atoms with van der Waals surface area (Å²) < 4.78 is 5.30. The van der Waals surface area contributed by atoms with Crippen molar-refractivity contribution in [1.82, 2.24) is 10.5 Å². The van der Waals surface area contributed by atoms with Crippen LogP contribution in [0.4, 0.5) is 0 Å². The summed E-state index contributed by atoms with van der Waals surface area (Å²) in [6, 6.07) is 0.784. The van der Waals surface area contributed by atoms with E-state index in [0.29, 0.717) is 17.3 Å². The van der Waals surface area contributed by atoms with Crippen molar-refractivity contribution in [2.24, 2.45) is 0 Å². The van der Waals surface area contributed by atoms with Crippen molar-refractivity contribution < 1.29 is 9.57 Å². The molecule has 4 atom stereocenters. The molecular formula is C14H23N2O3-. The van der Waals surface area contributed by atoms with Crippen molar-refractivity contribution in [3.05, 3.63) is 29.5 Å². The second-order valence-corrected chi connectivity index (χ2v) is 5.16. The monoisotopic (exact) mass is 267 g/mol. The number of hydrogen-bond donors (Lipinski definition) is 1. The normalized spacial score (nSPS) is 34.9. The van der Waals surface area contributed by atoms with Crippen molar-refractivity contribution in [2.75, 3.05) is 14.2 Å². The second kappa shape index (κ2) is 7.17. The highest BCUT2D eigenvalue weighted by atomic mass is 16.9. The standard InChI is InChI=1S/C14H23N2O3/c1-16(17)19-14-9-5-12(6-10-14)15-11-3-7-13(18-2)8-4-11/h3,5,7,9,11-15H,4,6,8,10H2,1-2H3/q-1. The van der Waals surface area contributed by atoms with Gasteiger partial charge in [-0.3, -0.25) is 5.23 Å². The predicted octanol–water partition coefficient (Wildman–Crippen LogP) is 1.76. The van der Waals surface area contributed by atoms with Crippen LogP contribution in [0.1, 0.15) is 25.7 Å². The summed E-state index contributed by atoms with van der Waals surface area (Å²) in [5.41, 5.74) is 0. The molecule has 0 bridgehead atoms. The van der Waals surface area contributed by atoms with E-state index in [9.17, 15) is 5.21 Å². The molecule has 5 nitrogen and oxygen atoms in total. The highest BCUT2D eigenvalue weighted by molar-refractivity contribution is 5.08. The Bertz CT molecular complexity index is 331. The molecule has 2 aliphatic rings. The molecule has 0 amide bonds. The van der Waals surface area contributed by atoms with E-state index in [1.54, 1.807) is 7.11 Å². The number of hydrogen-bond acceptors (Lipinski definition) is 5. The molecule has 1 N–H and O–H groups in total. The highest BCUT2D eigenvalue weighted by Crippen LogP contribution is 2.19. The van der Waals surface area contributed by atoms with Crippen LogP contribution < -0.4 is 5.32 Å². The molecular weight excluding hydrogens is 244 g/mol. The van der Waals surface area contributed by atoms with Gasteiger partial charge in [-0.2, -0.15) is 0 Å². The van der Waals surface area contributed by atoms with E-state index in [-0.39, 0.29) is 12.2 Å². The van der Waals surface area contributed by atoms with Gasteiger partial charge in [-0.1, -0.05) is 24.3 Å². The molecule has 0 aromatic rings. The van der Waals surface area contributed by atoms with Crippen LogP contribution in [-0.4, -0.2) is 43.7 Å². The molecule has 108 valence electrons. The van der Waals surface area contributed by atoms with Crippen molar-refractivity contribution in [1.29, 1.82) is 0 Å². The highest BCUT2D eigenvalue weighted by Gasteiger charge is 2.20. The molecule has 0 saturated carbocycles. The Morgan fingerprint density at radius 1 is 1.00 bits per heavy atom. The van der Waals surface area contributed by atoms with E-state index in [2.05, 4.69) is 23.5 Å². The topological polar surface area (TPSA) is 56.8 Å². The average Bonchev–Trinajstić information content (AvgIpc) is 2.41. The zero-order valence-corrected chi connectivity index (χ0v) is 11.6. The molecule has 0 saturated heterocycles. The van der Waals surface area contributed by atoms with Crippen LogP contribution in [0.15, 0.2) is 24.3 Å². The summed E-state index contributed by atoms with van der Waals surface area (Å²) in [5.74, 6) is 0. The van der Waals surface area contributed by atoms with Gasteiger partial charge >= 0.3 is 0 Å². The van der Waals surface area contributed by atoms with Crippen molar-refractivity contribution in [3.63, 3.8) is 0 Å². The van der Waals surface area contributed by atoms with E-state index in [4.69, 9.17) is 9.57 Å². The van der Waals surface area contributed by atoms with Gasteiger partial charge in [0, 0.05) is 19.2 Å². The predicted molar refractivity (Wildman–Crippen MR) is 74.3 cm³/mol. The van der Waals surface area contributed by atoms with Gasteiger partial charge in [-0.25, -0.2) is 0 Å². The van der Waals surface area contributed by atoms with Gasteiger partial charge in [-0.15, -0.1) is 0 Å². The Labute approximate surface area is 114 Å². The summed E-state index contributed by atoms with van der Waals surface area (Å²) >= 11 is 0. The van der Waals surface area contributed by atoms with E-state index in [0.717, 1.165) is 25.7 Å². The SMILES string of the molecule is COC1C=CC(NC2C=CC(ON(C)[O-])CC2)CC1. The first kappa shape index (κ1) is 14.7. The first-order valence-corrected chi connectivity index (χ1v) is 6.90. The van der Waals surface area contributed by atoms with E-state index in [1.165, 1.54) is 7.05 Å². The Morgan fingerprint density at radius 2 is 1.58 bits per heavy atom. The Morgan fingerprint density at radius 3 is 2.00 bits per heavy atom. The molecule has 0 spiro atoms. The van der Waals surface area contributed by atoms with Crippen LogP contribution in [0.5, 0.6) is 0 Å². The molecule has 0 fully saturated rings. The Balaban J connectivity index is 1.76. The van der Waals surface area contributed by atoms with Crippen LogP contribution >= 0.6 is 0 Å². The minimum absolute atomic E-state index is 0.0830. The second-order valence-electron chi connectivity index (χ2n) is 5.16. The molecule has 2 rings (SSSR count). The van der Waals surface area contributed by atoms with Gasteiger partial charge in [0.2, 0.25) is 0 Å². The van der Waals surface area contributed by atoms with Gasteiger partial charge in [0.15, 0.2) is 0 Å². The van der Waals surface area contributed by atoms with Crippen LogP contribution in [0.2, 0.25) is 0 Å². The van der Waals surface area contributed by atoms with Gasteiger partial charge in [-0.05, 0) is 32.7 Å². The summed E-state index contributed by atoms with van der Waals surface area (Å²) in [7, 11) is 3.12. The number of nitrogens with one attached hydrogen (secondary N) is 1. The lowest BCUT2D eigenvalue weighted by Crippen LogP contribution is -2.40. The van der Waals surface area contributed by atoms with Gasteiger partial charge < -0.3 is 20.1 Å². The number of hydroxylamine groups is 2. The molecule has 5 heteroatoms. The summed E-state index contributed by atoms with van der Waals surface area (Å²) in [6.45, 7) is 0. The zero-order chi connectivity index (χ0) is 13.7. The van der Waals surface area contributed by atoms with Crippen LogP contribution in [-0.2, 0) is 9.57 Å². The molecule has 0 aromatic heterocycles. The minimum Gasteiger partial charge on any atom is -0.762 e. The van der Waals surface area contributed by atoms with E-state index in [1.807, 2.05) is 6.08 Å². The van der Waals surface area contributed by atoms with E-state index >= 15 is 0 Å². The third-order valence-corrected chi connectivity index (χ3v) is 3.66. The lowest BCUT2D eigenvalue weighted by molar-refractivity contribution is -0.134. The molecule has 4 unspecified atom stereocenters. The number of ether oxygens (including phenoxy) is 1. The maximum Gasteiger partial charge on any atom is 0.0963 e. The molecule has 0 radical (unpaired) electrons. The third-order valence-electron chi connectivity index (χ3n) is 3.66. The van der Waals surface area contributed by atoms with Gasteiger partial charge in [0.1, 0.15) is 0 Å². The summed E-state index contributed by atoms with van der Waals surface area (Å²) in [6.07, 6.45) is 12.6. The fourth-order valence-electron chi connectivity index (χ4n) is 2.62. The maximum atomic E-state index is 10.8. The third kappa shape index (κ3) is 4.71. The van der Waals surface area contributed by atoms with Crippen molar-refractivity contribution >= 4 is 0 Å². The number of methoxy groups -OCH3 is 1. The van der Waals surface area contributed by atoms with Gasteiger partial charge in [0.25, 0.3) is 0 Å². The van der Waals surface area contributed by atoms with Gasteiger partial charge in [0.05, 0.1) is 12.2 Å². The average molecular weight is 267 g/mol. The fourth-order valence-corrected chi connectivity index (χ4v) is 2.62. The van der Waals surface area contributed by atoms with Crippen molar-refractivity contribution in [3.8, 4) is 0 Å². The van der Waals surface area contributed by atoms with Crippen LogP contribution in [0.3, 0.4) is 0 Å². The lowest BCUT2D eigenvalue weighted by atomic mass is 9.96. The quantitative estimate of drug-likeness (QED) is 0.607. The molecule has 0 aliphatic heterocycles. The maximum absolute atomic E-state index is 10.8. The Hall–Kier alpha value is -0.720. The molecule has 0 heterocycles. The minimum atomic E-state index is -0.0830. The number of nitrogens with zero attached hydrogens (tertiary/aromatic N) is 1. The lowest BCUT2D eigenvalue weighted by Gasteiger charge is -2.32. The molecule has 2 aliphatic carbocycles. The fraction of sp³-hybridized carbons (Fsp3) is 0.714. The first-order chi connectivity index (χ1) is 9.17. The van der Waals surface area contributed by atoms with Crippen LogP contribution in [0.25, 0.3) is 0 Å². The molecule has 19 heavy (non-hydrogen) atoms.